The predicted molar refractivity (Wildman–Crippen MR) is 61.7 cm³/mol. The molecule has 0 saturated carbocycles. The van der Waals surface area contributed by atoms with Crippen molar-refractivity contribution in [2.24, 2.45) is 5.41 Å². The van der Waals surface area contributed by atoms with Crippen LogP contribution in [-0.2, 0) is 4.79 Å². The highest BCUT2D eigenvalue weighted by atomic mass is 16.3. The minimum atomic E-state index is -0.470. The van der Waals surface area contributed by atoms with Crippen LogP contribution in [0.4, 0.5) is 0 Å². The average Bonchev–Trinajstić information content (AvgIpc) is 2.25. The quantitative estimate of drug-likeness (QED) is 0.809. The Labute approximate surface area is 95.7 Å². The summed E-state index contributed by atoms with van der Waals surface area (Å²) in [7, 11) is 0. The Morgan fingerprint density at radius 1 is 1.50 bits per heavy atom. The first-order valence-electron chi connectivity index (χ1n) is 5.28. The van der Waals surface area contributed by atoms with Gasteiger partial charge in [0.2, 0.25) is 5.91 Å². The van der Waals surface area contributed by atoms with E-state index in [1.165, 1.54) is 0 Å². The van der Waals surface area contributed by atoms with Gasteiger partial charge >= 0.3 is 0 Å². The summed E-state index contributed by atoms with van der Waals surface area (Å²) in [6.45, 7) is 5.33. The summed E-state index contributed by atoms with van der Waals surface area (Å²) < 4.78 is 0. The van der Waals surface area contributed by atoms with Crippen molar-refractivity contribution in [2.75, 3.05) is 6.61 Å². The maximum atomic E-state index is 11.8. The fourth-order valence-electron chi connectivity index (χ4n) is 1.17. The van der Waals surface area contributed by atoms with Gasteiger partial charge in [-0.2, -0.15) is 0 Å². The zero-order valence-electron chi connectivity index (χ0n) is 9.90. The predicted octanol–water partition coefficient (Wildman–Crippen LogP) is 1.28. The molecule has 2 N–H and O–H groups in total. The normalized spacial score (nSPS) is 13.2. The summed E-state index contributed by atoms with van der Waals surface area (Å²) in [4.78, 5) is 15.9. The van der Waals surface area contributed by atoms with Gasteiger partial charge in [0.1, 0.15) is 0 Å². The molecule has 0 aliphatic carbocycles. The topological polar surface area (TPSA) is 62.2 Å². The lowest BCUT2D eigenvalue weighted by molar-refractivity contribution is -0.129. The molecule has 1 heterocycles. The molecule has 1 aromatic heterocycles. The molecule has 0 spiro atoms. The number of carbonyl (C=O) groups excluding carboxylic acids is 1. The molecule has 1 atom stereocenters. The van der Waals surface area contributed by atoms with Crippen LogP contribution in [0.1, 0.15) is 32.5 Å². The molecule has 4 nitrogen and oxygen atoms in total. The second-order valence-corrected chi connectivity index (χ2v) is 4.71. The molecule has 16 heavy (non-hydrogen) atoms. The van der Waals surface area contributed by atoms with Crippen LogP contribution in [0.15, 0.2) is 24.4 Å². The number of pyridine rings is 1. The Hall–Kier alpha value is -1.42. The number of aromatic nitrogens is 1. The first-order valence-corrected chi connectivity index (χ1v) is 5.28. The third-order valence-electron chi connectivity index (χ3n) is 2.21. The van der Waals surface area contributed by atoms with E-state index < -0.39 is 11.5 Å². The van der Waals surface area contributed by atoms with Gasteiger partial charge in [-0.15, -0.1) is 0 Å². The van der Waals surface area contributed by atoms with E-state index in [-0.39, 0.29) is 12.5 Å². The molecular weight excluding hydrogens is 204 g/mol. The van der Waals surface area contributed by atoms with Crippen LogP contribution in [-0.4, -0.2) is 22.6 Å². The molecule has 0 unspecified atom stereocenters. The van der Waals surface area contributed by atoms with Crippen molar-refractivity contribution in [3.05, 3.63) is 30.1 Å². The maximum Gasteiger partial charge on any atom is 0.225 e. The van der Waals surface area contributed by atoms with Crippen LogP contribution in [0.25, 0.3) is 0 Å². The molecule has 4 heteroatoms. The summed E-state index contributed by atoms with van der Waals surface area (Å²) in [6.07, 6.45) is 1.64. The Kier molecular flexibility index (Phi) is 4.01. The van der Waals surface area contributed by atoms with E-state index in [1.807, 2.05) is 26.8 Å². The Balaban J connectivity index is 2.75. The smallest absolute Gasteiger partial charge is 0.225 e. The maximum absolute atomic E-state index is 11.8. The first-order chi connectivity index (χ1) is 7.45. The molecule has 1 aromatic rings. The summed E-state index contributed by atoms with van der Waals surface area (Å²) >= 11 is 0. The number of aliphatic hydroxyl groups is 1. The number of nitrogens with zero attached hydrogens (tertiary/aromatic N) is 1. The standard InChI is InChI=1S/C12H18N2O2/c1-12(2,3)11(16)14-10(8-15)9-6-4-5-7-13-9/h4-7,10,15H,8H2,1-3H3,(H,14,16)/t10-/m1/s1. The second kappa shape index (κ2) is 5.07. The minimum Gasteiger partial charge on any atom is -0.394 e. The van der Waals surface area contributed by atoms with Gasteiger partial charge in [0.25, 0.3) is 0 Å². The van der Waals surface area contributed by atoms with Crippen molar-refractivity contribution >= 4 is 5.91 Å². The van der Waals surface area contributed by atoms with E-state index in [2.05, 4.69) is 10.3 Å². The van der Waals surface area contributed by atoms with Gasteiger partial charge in [0, 0.05) is 11.6 Å². The summed E-state index contributed by atoms with van der Waals surface area (Å²) in [5.41, 5.74) is 0.199. The van der Waals surface area contributed by atoms with Crippen LogP contribution in [0.3, 0.4) is 0 Å². The van der Waals surface area contributed by atoms with Crippen molar-refractivity contribution in [3.63, 3.8) is 0 Å². The Bertz CT molecular complexity index is 344. The molecular formula is C12H18N2O2. The van der Waals surface area contributed by atoms with Gasteiger partial charge in [-0.25, -0.2) is 0 Å². The third kappa shape index (κ3) is 3.31. The SMILES string of the molecule is CC(C)(C)C(=O)N[C@H](CO)c1ccccn1. The minimum absolute atomic E-state index is 0.0998. The highest BCUT2D eigenvalue weighted by Crippen LogP contribution is 2.16. The summed E-state index contributed by atoms with van der Waals surface area (Å²) in [5.74, 6) is -0.0998. The summed E-state index contributed by atoms with van der Waals surface area (Å²) in [6, 6.07) is 4.97. The number of hydrogen-bond acceptors (Lipinski definition) is 3. The van der Waals surface area contributed by atoms with Crippen molar-refractivity contribution in [1.82, 2.24) is 10.3 Å². The zero-order valence-corrected chi connectivity index (χ0v) is 9.90. The van der Waals surface area contributed by atoms with Gasteiger partial charge in [-0.3, -0.25) is 9.78 Å². The second-order valence-electron chi connectivity index (χ2n) is 4.71. The van der Waals surface area contributed by atoms with E-state index >= 15 is 0 Å². The van der Waals surface area contributed by atoms with E-state index in [0.717, 1.165) is 0 Å². The number of amides is 1. The van der Waals surface area contributed by atoms with Crippen LogP contribution in [0, 0.1) is 5.41 Å². The number of aliphatic hydroxyl groups excluding tert-OH is 1. The Morgan fingerprint density at radius 2 is 2.19 bits per heavy atom. The van der Waals surface area contributed by atoms with Crippen molar-refractivity contribution < 1.29 is 9.90 Å². The first kappa shape index (κ1) is 12.6. The lowest BCUT2D eigenvalue weighted by atomic mass is 9.95. The van der Waals surface area contributed by atoms with Crippen molar-refractivity contribution in [1.29, 1.82) is 0 Å². The van der Waals surface area contributed by atoms with E-state index in [4.69, 9.17) is 0 Å². The van der Waals surface area contributed by atoms with Gasteiger partial charge in [0.15, 0.2) is 0 Å². The number of carbonyl (C=O) groups is 1. The highest BCUT2D eigenvalue weighted by Gasteiger charge is 2.24. The van der Waals surface area contributed by atoms with Crippen LogP contribution < -0.4 is 5.32 Å². The fraction of sp³-hybridized carbons (Fsp3) is 0.500. The van der Waals surface area contributed by atoms with Gasteiger partial charge in [-0.05, 0) is 12.1 Å². The highest BCUT2D eigenvalue weighted by molar-refractivity contribution is 5.81. The fourth-order valence-corrected chi connectivity index (χ4v) is 1.17. The van der Waals surface area contributed by atoms with Crippen LogP contribution in [0.5, 0.6) is 0 Å². The van der Waals surface area contributed by atoms with Gasteiger partial charge < -0.3 is 10.4 Å². The molecule has 0 saturated heterocycles. The average molecular weight is 222 g/mol. The largest absolute Gasteiger partial charge is 0.394 e. The van der Waals surface area contributed by atoms with Gasteiger partial charge in [0.05, 0.1) is 18.3 Å². The van der Waals surface area contributed by atoms with Crippen molar-refractivity contribution in [2.45, 2.75) is 26.8 Å². The number of nitrogens with one attached hydrogen (secondary N) is 1. The number of hydrogen-bond donors (Lipinski definition) is 2. The molecule has 88 valence electrons. The molecule has 1 amide bonds. The van der Waals surface area contributed by atoms with Crippen molar-refractivity contribution in [3.8, 4) is 0 Å². The van der Waals surface area contributed by atoms with E-state index in [1.54, 1.807) is 18.3 Å². The molecule has 0 aliphatic heterocycles. The van der Waals surface area contributed by atoms with Crippen LogP contribution in [0.2, 0.25) is 0 Å². The Morgan fingerprint density at radius 3 is 2.62 bits per heavy atom. The lowest BCUT2D eigenvalue weighted by Crippen LogP contribution is -2.39. The van der Waals surface area contributed by atoms with Gasteiger partial charge in [-0.1, -0.05) is 26.8 Å². The molecule has 0 aromatic carbocycles. The molecule has 0 bridgehead atoms. The summed E-state index contributed by atoms with van der Waals surface area (Å²) in [5, 5.41) is 12.0. The zero-order chi connectivity index (χ0) is 12.2. The third-order valence-corrected chi connectivity index (χ3v) is 2.21. The number of rotatable bonds is 3. The molecule has 0 radical (unpaired) electrons. The van der Waals surface area contributed by atoms with Crippen LogP contribution >= 0.6 is 0 Å². The monoisotopic (exact) mass is 222 g/mol. The van der Waals surface area contributed by atoms with E-state index in [0.29, 0.717) is 5.69 Å². The molecule has 0 fully saturated rings. The molecule has 0 aliphatic rings. The molecule has 1 rings (SSSR count). The lowest BCUT2D eigenvalue weighted by Gasteiger charge is -2.22. The van der Waals surface area contributed by atoms with E-state index in [9.17, 15) is 9.90 Å².